The fourth-order valence-electron chi connectivity index (χ4n) is 2.49. The third-order valence-corrected chi connectivity index (χ3v) is 3.53. The van der Waals surface area contributed by atoms with Crippen LogP contribution in [0.25, 0.3) is 0 Å². The second kappa shape index (κ2) is 5.81. The molecular formula is C14H18N4O. The van der Waals surface area contributed by atoms with Crippen LogP contribution in [-0.2, 0) is 0 Å². The van der Waals surface area contributed by atoms with Crippen LogP contribution in [0.1, 0.15) is 42.2 Å². The van der Waals surface area contributed by atoms with Crippen molar-refractivity contribution in [3.63, 3.8) is 0 Å². The zero-order valence-electron chi connectivity index (χ0n) is 11.0. The molecule has 0 bridgehead atoms. The van der Waals surface area contributed by atoms with Crippen molar-refractivity contribution in [2.75, 3.05) is 6.54 Å². The Morgan fingerprint density at radius 1 is 1.58 bits per heavy atom. The highest BCUT2D eigenvalue weighted by Gasteiger charge is 2.30. The summed E-state index contributed by atoms with van der Waals surface area (Å²) in [5, 5.41) is 8.73. The number of hydrogen-bond donors (Lipinski definition) is 1. The van der Waals surface area contributed by atoms with Crippen LogP contribution in [0.3, 0.4) is 0 Å². The van der Waals surface area contributed by atoms with E-state index in [0.717, 1.165) is 25.8 Å². The lowest BCUT2D eigenvalue weighted by molar-refractivity contribution is 0.0578. The Hall–Kier alpha value is -1.93. The predicted molar refractivity (Wildman–Crippen MR) is 71.3 cm³/mol. The highest BCUT2D eigenvalue weighted by molar-refractivity contribution is 5.92. The minimum absolute atomic E-state index is 0.0392. The minimum Gasteiger partial charge on any atom is -0.333 e. The SMILES string of the molecule is CC(N)C1CCCCN1C(=O)c1ccc(C#N)cn1. The zero-order chi connectivity index (χ0) is 13.8. The number of pyridine rings is 1. The summed E-state index contributed by atoms with van der Waals surface area (Å²) in [6.45, 7) is 2.66. The van der Waals surface area contributed by atoms with Crippen LogP contribution < -0.4 is 5.73 Å². The van der Waals surface area contributed by atoms with E-state index in [4.69, 9.17) is 11.0 Å². The summed E-state index contributed by atoms with van der Waals surface area (Å²) < 4.78 is 0. The number of rotatable bonds is 2. The van der Waals surface area contributed by atoms with E-state index in [0.29, 0.717) is 11.3 Å². The first-order valence-electron chi connectivity index (χ1n) is 6.56. The van der Waals surface area contributed by atoms with E-state index in [2.05, 4.69) is 4.98 Å². The number of aromatic nitrogens is 1. The van der Waals surface area contributed by atoms with Gasteiger partial charge in [0.05, 0.1) is 5.56 Å². The predicted octanol–water partition coefficient (Wildman–Crippen LogP) is 1.30. The van der Waals surface area contributed by atoms with Crippen molar-refractivity contribution in [2.24, 2.45) is 5.73 Å². The maximum Gasteiger partial charge on any atom is 0.272 e. The molecule has 1 aliphatic rings. The number of carbonyl (C=O) groups excluding carboxylic acids is 1. The Bertz CT molecular complexity index is 489. The Morgan fingerprint density at radius 2 is 2.37 bits per heavy atom. The highest BCUT2D eigenvalue weighted by Crippen LogP contribution is 2.21. The van der Waals surface area contributed by atoms with E-state index >= 15 is 0 Å². The minimum atomic E-state index is -0.0912. The lowest BCUT2D eigenvalue weighted by atomic mass is 9.96. The number of piperidine rings is 1. The third kappa shape index (κ3) is 2.91. The van der Waals surface area contributed by atoms with Gasteiger partial charge >= 0.3 is 0 Å². The van der Waals surface area contributed by atoms with Gasteiger partial charge in [0.1, 0.15) is 11.8 Å². The summed E-state index contributed by atoms with van der Waals surface area (Å²) in [4.78, 5) is 18.3. The van der Waals surface area contributed by atoms with Crippen molar-refractivity contribution >= 4 is 5.91 Å². The molecule has 2 rings (SSSR count). The van der Waals surface area contributed by atoms with Crippen molar-refractivity contribution in [3.05, 3.63) is 29.6 Å². The van der Waals surface area contributed by atoms with Crippen LogP contribution in [0.15, 0.2) is 18.3 Å². The van der Waals surface area contributed by atoms with Gasteiger partial charge in [-0.15, -0.1) is 0 Å². The molecule has 100 valence electrons. The first-order valence-corrected chi connectivity index (χ1v) is 6.56. The number of hydrogen-bond acceptors (Lipinski definition) is 4. The fourth-order valence-corrected chi connectivity index (χ4v) is 2.49. The molecule has 5 heteroatoms. The number of nitrogens with zero attached hydrogens (tertiary/aromatic N) is 3. The van der Waals surface area contributed by atoms with Gasteiger partial charge in [0.25, 0.3) is 5.91 Å². The summed E-state index contributed by atoms with van der Waals surface area (Å²) in [5.74, 6) is -0.0912. The Labute approximate surface area is 113 Å². The molecule has 2 atom stereocenters. The van der Waals surface area contributed by atoms with Gasteiger partial charge < -0.3 is 10.6 Å². The summed E-state index contributed by atoms with van der Waals surface area (Å²) in [6.07, 6.45) is 4.49. The van der Waals surface area contributed by atoms with Crippen LogP contribution in [0.4, 0.5) is 0 Å². The molecule has 0 aromatic carbocycles. The molecule has 19 heavy (non-hydrogen) atoms. The van der Waals surface area contributed by atoms with E-state index in [1.165, 1.54) is 6.20 Å². The van der Waals surface area contributed by atoms with Gasteiger partial charge in [-0.05, 0) is 38.3 Å². The van der Waals surface area contributed by atoms with Gasteiger partial charge in [-0.25, -0.2) is 4.98 Å². The van der Waals surface area contributed by atoms with Gasteiger partial charge in [0.2, 0.25) is 0 Å². The first kappa shape index (κ1) is 13.5. The molecule has 0 saturated carbocycles. The molecule has 2 N–H and O–H groups in total. The normalized spacial score (nSPS) is 20.7. The largest absolute Gasteiger partial charge is 0.333 e. The van der Waals surface area contributed by atoms with Gasteiger partial charge in [0.15, 0.2) is 0 Å². The molecule has 1 aliphatic heterocycles. The molecule has 5 nitrogen and oxygen atoms in total. The Morgan fingerprint density at radius 3 is 2.95 bits per heavy atom. The summed E-state index contributed by atoms with van der Waals surface area (Å²) in [5.41, 5.74) is 6.80. The lowest BCUT2D eigenvalue weighted by Crippen LogP contribution is -2.51. The van der Waals surface area contributed by atoms with Gasteiger partial charge in [-0.2, -0.15) is 5.26 Å². The van der Waals surface area contributed by atoms with Crippen LogP contribution in [-0.4, -0.2) is 34.4 Å². The standard InChI is InChI=1S/C14H18N4O/c1-10(16)13-4-2-3-7-18(13)14(19)12-6-5-11(8-15)9-17-12/h5-6,9-10,13H,2-4,7,16H2,1H3. The maximum atomic E-state index is 12.4. The topological polar surface area (TPSA) is 83.0 Å². The number of nitriles is 1. The van der Waals surface area contributed by atoms with Crippen LogP contribution in [0.5, 0.6) is 0 Å². The summed E-state index contributed by atoms with van der Waals surface area (Å²) >= 11 is 0. The molecule has 0 aliphatic carbocycles. The van der Waals surface area contributed by atoms with E-state index in [1.54, 1.807) is 12.1 Å². The van der Waals surface area contributed by atoms with E-state index in [-0.39, 0.29) is 18.0 Å². The van der Waals surface area contributed by atoms with Crippen molar-refractivity contribution in [2.45, 2.75) is 38.3 Å². The van der Waals surface area contributed by atoms with Crippen LogP contribution >= 0.6 is 0 Å². The van der Waals surface area contributed by atoms with Crippen molar-refractivity contribution < 1.29 is 4.79 Å². The zero-order valence-corrected chi connectivity index (χ0v) is 11.0. The van der Waals surface area contributed by atoms with Crippen molar-refractivity contribution in [1.82, 2.24) is 9.88 Å². The highest BCUT2D eigenvalue weighted by atomic mass is 16.2. The van der Waals surface area contributed by atoms with Crippen molar-refractivity contribution in [3.8, 4) is 6.07 Å². The monoisotopic (exact) mass is 258 g/mol. The summed E-state index contributed by atoms with van der Waals surface area (Å²) in [7, 11) is 0. The van der Waals surface area contributed by atoms with Crippen LogP contribution in [0.2, 0.25) is 0 Å². The molecule has 1 amide bonds. The van der Waals surface area contributed by atoms with Gasteiger partial charge in [-0.3, -0.25) is 4.79 Å². The Balaban J connectivity index is 2.19. The van der Waals surface area contributed by atoms with Crippen molar-refractivity contribution in [1.29, 1.82) is 5.26 Å². The van der Waals surface area contributed by atoms with Gasteiger partial charge in [0, 0.05) is 24.8 Å². The second-order valence-corrected chi connectivity index (χ2v) is 4.96. The third-order valence-electron chi connectivity index (χ3n) is 3.53. The fraction of sp³-hybridized carbons (Fsp3) is 0.500. The number of carbonyl (C=O) groups is 1. The maximum absolute atomic E-state index is 12.4. The smallest absolute Gasteiger partial charge is 0.272 e. The summed E-state index contributed by atoms with van der Waals surface area (Å²) in [6, 6.07) is 5.26. The number of amides is 1. The molecule has 1 saturated heterocycles. The molecule has 0 radical (unpaired) electrons. The quantitative estimate of drug-likeness (QED) is 0.866. The van der Waals surface area contributed by atoms with E-state index in [1.807, 2.05) is 17.9 Å². The average molecular weight is 258 g/mol. The first-order chi connectivity index (χ1) is 9.13. The molecule has 1 aromatic rings. The molecular weight excluding hydrogens is 240 g/mol. The average Bonchev–Trinajstić information content (AvgIpc) is 2.46. The van der Waals surface area contributed by atoms with E-state index in [9.17, 15) is 4.79 Å². The van der Waals surface area contributed by atoms with Crippen LogP contribution in [0, 0.1) is 11.3 Å². The molecule has 2 unspecified atom stereocenters. The second-order valence-electron chi connectivity index (χ2n) is 4.96. The Kier molecular flexibility index (Phi) is 4.13. The number of nitrogens with two attached hydrogens (primary N) is 1. The molecule has 1 aromatic heterocycles. The lowest BCUT2D eigenvalue weighted by Gasteiger charge is -2.37. The van der Waals surface area contributed by atoms with Gasteiger partial charge in [-0.1, -0.05) is 0 Å². The number of likely N-dealkylation sites (tertiary alicyclic amines) is 1. The molecule has 1 fully saturated rings. The van der Waals surface area contributed by atoms with E-state index < -0.39 is 0 Å². The molecule has 2 heterocycles. The molecule has 0 spiro atoms.